The van der Waals surface area contributed by atoms with E-state index in [9.17, 15) is 4.79 Å². The molecule has 1 aliphatic rings. The highest BCUT2D eigenvalue weighted by Gasteiger charge is 2.23. The van der Waals surface area contributed by atoms with Crippen LogP contribution >= 0.6 is 11.3 Å². The van der Waals surface area contributed by atoms with Crippen molar-refractivity contribution in [3.8, 4) is 11.5 Å². The summed E-state index contributed by atoms with van der Waals surface area (Å²) in [4.78, 5) is 28.3. The number of amides is 1. The van der Waals surface area contributed by atoms with E-state index in [0.717, 1.165) is 41.2 Å². The number of nitrogens with one attached hydrogen (secondary N) is 1. The van der Waals surface area contributed by atoms with Gasteiger partial charge in [-0.15, -0.1) is 11.3 Å². The molecule has 1 amide bonds. The number of likely N-dealkylation sites (tertiary alicyclic amines) is 1. The number of carbonyl (C=O) groups is 1. The minimum Gasteiger partial charge on any atom is -0.369 e. The Kier molecular flexibility index (Phi) is 4.31. The number of hydrogen-bond donors (Lipinski definition) is 1. The number of nitrogens with zero attached hydrogens (tertiary/aromatic N) is 4. The zero-order chi connectivity index (χ0) is 17.2. The zero-order valence-electron chi connectivity index (χ0n) is 14.0. The molecule has 1 unspecified atom stereocenters. The van der Waals surface area contributed by atoms with Gasteiger partial charge in [-0.05, 0) is 35.9 Å². The minimum atomic E-state index is 0.218. The molecule has 4 rings (SSSR count). The number of thiophene rings is 1. The molecule has 0 bridgehead atoms. The maximum absolute atomic E-state index is 11.9. The summed E-state index contributed by atoms with van der Waals surface area (Å²) < 4.78 is 0. The predicted octanol–water partition coefficient (Wildman–Crippen LogP) is 3.03. The third kappa shape index (κ3) is 3.32. The average Bonchev–Trinajstić information content (AvgIpc) is 3.12. The third-order valence-electron chi connectivity index (χ3n) is 4.54. The molecule has 0 spiro atoms. The molecule has 25 heavy (non-hydrogen) atoms. The number of fused-ring (bicyclic) bond motifs is 1. The van der Waals surface area contributed by atoms with Gasteiger partial charge in [0.15, 0.2) is 5.82 Å². The van der Waals surface area contributed by atoms with Gasteiger partial charge in [-0.25, -0.2) is 9.97 Å². The predicted molar refractivity (Wildman–Crippen MR) is 99.5 cm³/mol. The summed E-state index contributed by atoms with van der Waals surface area (Å²) >= 11 is 1.59. The van der Waals surface area contributed by atoms with Crippen molar-refractivity contribution in [2.24, 2.45) is 5.92 Å². The van der Waals surface area contributed by atoms with Gasteiger partial charge in [-0.1, -0.05) is 6.07 Å². The van der Waals surface area contributed by atoms with Crippen LogP contribution in [0.4, 0.5) is 5.82 Å². The zero-order valence-corrected chi connectivity index (χ0v) is 14.8. The fourth-order valence-electron chi connectivity index (χ4n) is 3.02. The first kappa shape index (κ1) is 16.0. The van der Waals surface area contributed by atoms with Crippen molar-refractivity contribution in [1.82, 2.24) is 19.9 Å². The lowest BCUT2D eigenvalue weighted by Gasteiger charge is -2.28. The molecule has 0 radical (unpaired) electrons. The molecule has 3 aromatic rings. The molecule has 1 saturated heterocycles. The number of pyridine rings is 1. The van der Waals surface area contributed by atoms with Crippen molar-refractivity contribution < 1.29 is 4.79 Å². The molecule has 6 nitrogen and oxygen atoms in total. The van der Waals surface area contributed by atoms with E-state index in [4.69, 9.17) is 0 Å². The summed E-state index contributed by atoms with van der Waals surface area (Å²) in [6.07, 6.45) is 3.35. The molecular weight excluding hydrogens is 334 g/mol. The van der Waals surface area contributed by atoms with E-state index in [0.29, 0.717) is 18.2 Å². The molecule has 1 atom stereocenters. The van der Waals surface area contributed by atoms with Crippen molar-refractivity contribution in [3.05, 3.63) is 35.8 Å². The molecule has 1 fully saturated rings. The second-order valence-electron chi connectivity index (χ2n) is 6.31. The molecule has 0 aliphatic carbocycles. The maximum Gasteiger partial charge on any atom is 0.222 e. The molecule has 1 aliphatic heterocycles. The Balaban J connectivity index is 1.58. The van der Waals surface area contributed by atoms with Crippen LogP contribution in [0.25, 0.3) is 21.7 Å². The van der Waals surface area contributed by atoms with Gasteiger partial charge in [-0.3, -0.25) is 9.78 Å². The number of hydrogen-bond acceptors (Lipinski definition) is 6. The van der Waals surface area contributed by atoms with Crippen LogP contribution in [-0.4, -0.2) is 45.9 Å². The smallest absolute Gasteiger partial charge is 0.222 e. The fraction of sp³-hybridized carbons (Fsp3) is 0.333. The normalized spacial score (nSPS) is 17.9. The Morgan fingerprint density at radius 3 is 3.04 bits per heavy atom. The summed E-state index contributed by atoms with van der Waals surface area (Å²) in [5, 5.41) is 6.48. The van der Waals surface area contributed by atoms with Crippen LogP contribution in [0.3, 0.4) is 0 Å². The molecule has 128 valence electrons. The van der Waals surface area contributed by atoms with Gasteiger partial charge in [-0.2, -0.15) is 0 Å². The van der Waals surface area contributed by atoms with Gasteiger partial charge in [0, 0.05) is 32.8 Å². The first-order valence-corrected chi connectivity index (χ1v) is 9.23. The van der Waals surface area contributed by atoms with Gasteiger partial charge >= 0.3 is 0 Å². The van der Waals surface area contributed by atoms with Crippen molar-refractivity contribution in [2.75, 3.05) is 25.5 Å². The maximum atomic E-state index is 11.9. The number of piperidine rings is 1. The van der Waals surface area contributed by atoms with Crippen molar-refractivity contribution in [2.45, 2.75) is 12.8 Å². The SMILES string of the molecule is CN1CCC(CNc2nc(-c3ccccn3)nc3sccc23)CC1=O. The van der Waals surface area contributed by atoms with Gasteiger partial charge in [0.25, 0.3) is 0 Å². The van der Waals surface area contributed by atoms with E-state index in [2.05, 4.69) is 20.3 Å². The van der Waals surface area contributed by atoms with E-state index in [1.165, 1.54) is 0 Å². The first-order valence-electron chi connectivity index (χ1n) is 8.35. The minimum absolute atomic E-state index is 0.218. The molecule has 0 saturated carbocycles. The molecular formula is C18H19N5OS. The van der Waals surface area contributed by atoms with Crippen LogP contribution in [0.1, 0.15) is 12.8 Å². The summed E-state index contributed by atoms with van der Waals surface area (Å²) in [5.74, 6) is 2.00. The highest BCUT2D eigenvalue weighted by molar-refractivity contribution is 7.16. The standard InChI is InChI=1S/C18H19N5OS/c1-23-8-5-12(10-15(23)24)11-20-16-13-6-9-25-18(13)22-17(21-16)14-4-2-3-7-19-14/h2-4,6-7,9,12H,5,8,10-11H2,1H3,(H,20,21,22). The second-order valence-corrected chi connectivity index (χ2v) is 7.20. The van der Waals surface area contributed by atoms with Crippen LogP contribution in [0.2, 0.25) is 0 Å². The second kappa shape index (κ2) is 6.76. The van der Waals surface area contributed by atoms with E-state index in [-0.39, 0.29) is 5.91 Å². The van der Waals surface area contributed by atoms with Crippen LogP contribution < -0.4 is 5.32 Å². The van der Waals surface area contributed by atoms with Gasteiger partial charge in [0.2, 0.25) is 5.91 Å². The van der Waals surface area contributed by atoms with Crippen molar-refractivity contribution >= 4 is 33.3 Å². The molecule has 0 aromatic carbocycles. The largest absolute Gasteiger partial charge is 0.369 e. The van der Waals surface area contributed by atoms with Crippen LogP contribution in [0.15, 0.2) is 35.8 Å². The summed E-state index contributed by atoms with van der Waals surface area (Å²) in [6.45, 7) is 1.56. The number of aromatic nitrogens is 3. The number of anilines is 1. The summed E-state index contributed by atoms with van der Waals surface area (Å²) in [5.41, 5.74) is 0.760. The quantitative estimate of drug-likeness (QED) is 0.781. The summed E-state index contributed by atoms with van der Waals surface area (Å²) in [6, 6.07) is 7.75. The summed E-state index contributed by atoms with van der Waals surface area (Å²) in [7, 11) is 1.87. The van der Waals surface area contributed by atoms with Crippen LogP contribution in [-0.2, 0) is 4.79 Å². The van der Waals surface area contributed by atoms with Gasteiger partial charge < -0.3 is 10.2 Å². The number of rotatable bonds is 4. The molecule has 7 heteroatoms. The topological polar surface area (TPSA) is 71.0 Å². The Labute approximate surface area is 149 Å². The Bertz CT molecular complexity index is 895. The molecule has 3 aromatic heterocycles. The highest BCUT2D eigenvalue weighted by atomic mass is 32.1. The van der Waals surface area contributed by atoms with E-state index in [1.54, 1.807) is 22.4 Å². The van der Waals surface area contributed by atoms with Crippen molar-refractivity contribution in [3.63, 3.8) is 0 Å². The van der Waals surface area contributed by atoms with E-state index in [1.807, 2.05) is 36.7 Å². The fourth-order valence-corrected chi connectivity index (χ4v) is 3.78. The Morgan fingerprint density at radius 2 is 2.24 bits per heavy atom. The van der Waals surface area contributed by atoms with Crippen LogP contribution in [0, 0.1) is 5.92 Å². The van der Waals surface area contributed by atoms with E-state index >= 15 is 0 Å². The Hall–Kier alpha value is -2.54. The lowest BCUT2D eigenvalue weighted by molar-refractivity contribution is -0.133. The lowest BCUT2D eigenvalue weighted by atomic mass is 9.96. The highest BCUT2D eigenvalue weighted by Crippen LogP contribution is 2.28. The monoisotopic (exact) mass is 353 g/mol. The lowest BCUT2D eigenvalue weighted by Crippen LogP contribution is -2.37. The first-order chi connectivity index (χ1) is 12.2. The van der Waals surface area contributed by atoms with Crippen molar-refractivity contribution in [1.29, 1.82) is 0 Å². The molecule has 4 heterocycles. The number of carbonyl (C=O) groups excluding carboxylic acids is 1. The third-order valence-corrected chi connectivity index (χ3v) is 5.35. The van der Waals surface area contributed by atoms with E-state index < -0.39 is 0 Å². The van der Waals surface area contributed by atoms with Gasteiger partial charge in [0.1, 0.15) is 16.3 Å². The van der Waals surface area contributed by atoms with Gasteiger partial charge in [0.05, 0.1) is 5.39 Å². The Morgan fingerprint density at radius 1 is 1.32 bits per heavy atom. The molecule has 1 N–H and O–H groups in total. The average molecular weight is 353 g/mol. The van der Waals surface area contributed by atoms with Crippen LogP contribution in [0.5, 0.6) is 0 Å².